The van der Waals surface area contributed by atoms with Crippen LogP contribution in [0.5, 0.6) is 5.75 Å². The van der Waals surface area contributed by atoms with Crippen molar-refractivity contribution in [3.8, 4) is 5.75 Å². The number of phenols is 1. The predicted molar refractivity (Wildman–Crippen MR) is 146 cm³/mol. The van der Waals surface area contributed by atoms with Crippen molar-refractivity contribution in [2.24, 2.45) is 0 Å². The van der Waals surface area contributed by atoms with Crippen LogP contribution in [0.1, 0.15) is 79.4 Å². The van der Waals surface area contributed by atoms with Crippen molar-refractivity contribution in [3.05, 3.63) is 87.3 Å². The van der Waals surface area contributed by atoms with Crippen LogP contribution in [0.2, 0.25) is 5.02 Å². The molecule has 0 fully saturated rings. The van der Waals surface area contributed by atoms with Crippen LogP contribution in [-0.2, 0) is 21.4 Å². The minimum atomic E-state index is -1.12. The van der Waals surface area contributed by atoms with E-state index in [1.54, 1.807) is 26.0 Å². The number of aryl methyl sites for hydroxylation is 2. The first-order valence-corrected chi connectivity index (χ1v) is 12.3. The standard InChI is InChI=1S/C29H32ClN3O4/c1-15(2)21-13-23(30)24(35)14-22(21)16(3)28-32-17(4)26(27(31)33-28)29(6,18(5)34)20-10-7-19(8-11-20)9-12-25(36)37/h7-8,10-11,13-15,35H,3,9,12H2,1-2,4-6H3,(H,36,37)(H2,31,32,33)/t29-/m0/s1. The molecule has 0 aliphatic heterocycles. The van der Waals surface area contributed by atoms with E-state index in [-0.39, 0.29) is 40.5 Å². The van der Waals surface area contributed by atoms with Crippen LogP contribution in [0.4, 0.5) is 5.82 Å². The average molecular weight is 522 g/mol. The highest BCUT2D eigenvalue weighted by atomic mass is 35.5. The van der Waals surface area contributed by atoms with Crippen LogP contribution in [0.25, 0.3) is 5.57 Å². The molecule has 3 rings (SSSR count). The molecule has 1 aromatic heterocycles. The molecule has 4 N–H and O–H groups in total. The molecule has 2 aromatic carbocycles. The molecule has 7 nitrogen and oxygen atoms in total. The molecule has 8 heteroatoms. The summed E-state index contributed by atoms with van der Waals surface area (Å²) >= 11 is 6.14. The van der Waals surface area contributed by atoms with E-state index in [4.69, 9.17) is 22.4 Å². The summed E-state index contributed by atoms with van der Waals surface area (Å²) in [5.41, 5.74) is 9.97. The lowest BCUT2D eigenvalue weighted by molar-refractivity contribution is -0.137. The highest BCUT2D eigenvalue weighted by molar-refractivity contribution is 6.32. The summed E-state index contributed by atoms with van der Waals surface area (Å²) in [5.74, 6) is -0.533. The Bertz CT molecular complexity index is 1360. The molecule has 0 spiro atoms. The number of nitrogens with zero attached hydrogens (tertiary/aromatic N) is 2. The van der Waals surface area contributed by atoms with Crippen LogP contribution in [0.3, 0.4) is 0 Å². The van der Waals surface area contributed by atoms with Gasteiger partial charge in [0.15, 0.2) is 5.82 Å². The summed E-state index contributed by atoms with van der Waals surface area (Å²) in [7, 11) is 0. The van der Waals surface area contributed by atoms with Crippen molar-refractivity contribution in [2.45, 2.75) is 58.8 Å². The molecular formula is C29H32ClN3O4. The van der Waals surface area contributed by atoms with Gasteiger partial charge in [0, 0.05) is 23.3 Å². The second-order valence-electron chi connectivity index (χ2n) is 9.69. The van der Waals surface area contributed by atoms with Gasteiger partial charge in [-0.15, -0.1) is 0 Å². The lowest BCUT2D eigenvalue weighted by atomic mass is 9.72. The van der Waals surface area contributed by atoms with Gasteiger partial charge in [-0.3, -0.25) is 9.59 Å². The van der Waals surface area contributed by atoms with Crippen molar-refractivity contribution >= 4 is 34.7 Å². The maximum atomic E-state index is 13.1. The molecule has 0 aliphatic rings. The zero-order valence-electron chi connectivity index (χ0n) is 21.7. The van der Waals surface area contributed by atoms with Gasteiger partial charge in [0.05, 0.1) is 10.4 Å². The van der Waals surface area contributed by atoms with Gasteiger partial charge in [0.2, 0.25) is 0 Å². The third-order valence-electron chi connectivity index (χ3n) is 6.82. The highest BCUT2D eigenvalue weighted by Crippen LogP contribution is 2.40. The lowest BCUT2D eigenvalue weighted by Crippen LogP contribution is -2.34. The minimum Gasteiger partial charge on any atom is -0.506 e. The number of aromatic hydroxyl groups is 1. The summed E-state index contributed by atoms with van der Waals surface area (Å²) in [5, 5.41) is 19.4. The van der Waals surface area contributed by atoms with E-state index in [1.807, 2.05) is 38.1 Å². The van der Waals surface area contributed by atoms with Gasteiger partial charge < -0.3 is 15.9 Å². The number of nitrogen functional groups attached to an aromatic ring is 1. The Morgan fingerprint density at radius 2 is 1.78 bits per heavy atom. The maximum Gasteiger partial charge on any atom is 0.303 e. The summed E-state index contributed by atoms with van der Waals surface area (Å²) in [6, 6.07) is 10.5. The summed E-state index contributed by atoms with van der Waals surface area (Å²) in [6.07, 6.45) is 0.421. The normalized spacial score (nSPS) is 12.8. The fraction of sp³-hybridized carbons (Fsp3) is 0.310. The van der Waals surface area contributed by atoms with Crippen molar-refractivity contribution in [2.75, 3.05) is 5.73 Å². The average Bonchev–Trinajstić information content (AvgIpc) is 2.83. The number of halogens is 1. The van der Waals surface area contributed by atoms with Gasteiger partial charge in [0.1, 0.15) is 17.4 Å². The first kappa shape index (κ1) is 27.9. The van der Waals surface area contributed by atoms with E-state index in [0.717, 1.165) is 11.1 Å². The van der Waals surface area contributed by atoms with E-state index < -0.39 is 11.4 Å². The summed E-state index contributed by atoms with van der Waals surface area (Å²) < 4.78 is 0. The second kappa shape index (κ2) is 10.7. The molecule has 0 saturated heterocycles. The Morgan fingerprint density at radius 1 is 1.16 bits per heavy atom. The van der Waals surface area contributed by atoms with Crippen molar-refractivity contribution in [1.82, 2.24) is 9.97 Å². The SMILES string of the molecule is C=C(c1nc(C)c([C@@](C)(C(C)=O)c2ccc(CCC(=O)O)cc2)c(N)n1)c1cc(O)c(Cl)cc1C(C)C. The number of nitrogens with two attached hydrogens (primary N) is 1. The van der Waals surface area contributed by atoms with Crippen molar-refractivity contribution in [3.63, 3.8) is 0 Å². The molecule has 0 unspecified atom stereocenters. The van der Waals surface area contributed by atoms with Gasteiger partial charge in [-0.25, -0.2) is 9.97 Å². The zero-order chi connectivity index (χ0) is 27.7. The van der Waals surface area contributed by atoms with Crippen molar-refractivity contribution < 1.29 is 19.8 Å². The number of carboxylic acids is 1. The number of carbonyl (C=O) groups excluding carboxylic acids is 1. The van der Waals surface area contributed by atoms with E-state index in [9.17, 15) is 14.7 Å². The quantitative estimate of drug-likeness (QED) is 0.323. The Morgan fingerprint density at radius 3 is 2.30 bits per heavy atom. The fourth-order valence-corrected chi connectivity index (χ4v) is 4.74. The first-order chi connectivity index (χ1) is 17.3. The van der Waals surface area contributed by atoms with Gasteiger partial charge in [-0.2, -0.15) is 0 Å². The number of phenolic OH excluding ortho intramolecular Hbond substituents is 1. The van der Waals surface area contributed by atoms with Gasteiger partial charge in [-0.1, -0.05) is 56.3 Å². The summed E-state index contributed by atoms with van der Waals surface area (Å²) in [6.45, 7) is 13.2. The molecule has 1 atom stereocenters. The third kappa shape index (κ3) is 5.52. The second-order valence-corrected chi connectivity index (χ2v) is 10.1. The fourth-order valence-electron chi connectivity index (χ4n) is 4.56. The first-order valence-electron chi connectivity index (χ1n) is 12.0. The molecule has 0 aliphatic carbocycles. The molecule has 1 heterocycles. The number of ketones is 1. The number of Topliss-reactive ketones (excluding diaryl/α,β-unsaturated/α-hetero) is 1. The number of aromatic nitrogens is 2. The monoisotopic (exact) mass is 521 g/mol. The van der Waals surface area contributed by atoms with Gasteiger partial charge in [-0.05, 0) is 67.5 Å². The number of hydrogen-bond donors (Lipinski definition) is 3. The van der Waals surface area contributed by atoms with E-state index >= 15 is 0 Å². The smallest absolute Gasteiger partial charge is 0.303 e. The number of carbonyl (C=O) groups is 2. The van der Waals surface area contributed by atoms with Gasteiger partial charge >= 0.3 is 5.97 Å². The maximum absolute atomic E-state index is 13.1. The van der Waals surface area contributed by atoms with Crippen LogP contribution >= 0.6 is 11.6 Å². The Balaban J connectivity index is 2.09. The topological polar surface area (TPSA) is 126 Å². The Hall–Kier alpha value is -3.71. The highest BCUT2D eigenvalue weighted by Gasteiger charge is 2.38. The molecule has 3 aromatic rings. The molecule has 0 saturated carbocycles. The Kier molecular flexibility index (Phi) is 8.08. The van der Waals surface area contributed by atoms with E-state index in [1.165, 1.54) is 6.92 Å². The summed E-state index contributed by atoms with van der Waals surface area (Å²) in [4.78, 5) is 33.2. The number of aliphatic carboxylic acids is 1. The van der Waals surface area contributed by atoms with Crippen LogP contribution in [0.15, 0.2) is 43.0 Å². The largest absolute Gasteiger partial charge is 0.506 e. The Labute approximate surface area is 222 Å². The molecule has 0 amide bonds. The predicted octanol–water partition coefficient (Wildman–Crippen LogP) is 5.82. The van der Waals surface area contributed by atoms with Crippen LogP contribution in [0, 0.1) is 6.92 Å². The number of carboxylic acid groups (broad SMARTS) is 1. The van der Waals surface area contributed by atoms with Gasteiger partial charge in [0.25, 0.3) is 0 Å². The number of benzene rings is 2. The molecule has 0 bridgehead atoms. The van der Waals surface area contributed by atoms with Crippen LogP contribution < -0.4 is 5.73 Å². The number of rotatable bonds is 9. The minimum absolute atomic E-state index is 0.0263. The lowest BCUT2D eigenvalue weighted by Gasteiger charge is -2.30. The molecule has 194 valence electrons. The third-order valence-corrected chi connectivity index (χ3v) is 7.12. The van der Waals surface area contributed by atoms with E-state index in [0.29, 0.717) is 34.4 Å². The van der Waals surface area contributed by atoms with Crippen LogP contribution in [-0.4, -0.2) is 31.9 Å². The zero-order valence-corrected chi connectivity index (χ0v) is 22.5. The number of hydrogen-bond acceptors (Lipinski definition) is 6. The number of anilines is 1. The molecule has 37 heavy (non-hydrogen) atoms. The van der Waals surface area contributed by atoms with Crippen molar-refractivity contribution in [1.29, 1.82) is 0 Å². The van der Waals surface area contributed by atoms with E-state index in [2.05, 4.69) is 16.5 Å². The molecule has 0 radical (unpaired) electrons. The molecular weight excluding hydrogens is 490 g/mol.